The number of nitrogens with zero attached hydrogens (tertiary/aromatic N) is 1. The molecule has 0 aromatic carbocycles. The Hall–Kier alpha value is -2.54. The molecule has 0 bridgehead atoms. The summed E-state index contributed by atoms with van der Waals surface area (Å²) in [6, 6.07) is 0. The van der Waals surface area contributed by atoms with Crippen molar-refractivity contribution >= 4 is 23.3 Å². The molecule has 0 saturated carbocycles. The van der Waals surface area contributed by atoms with Gasteiger partial charge in [0, 0.05) is 65.2 Å². The van der Waals surface area contributed by atoms with Crippen molar-refractivity contribution in [1.29, 1.82) is 0 Å². The minimum absolute atomic E-state index is 0.0597. The molecule has 11 heteroatoms. The second-order valence-corrected chi connectivity index (χ2v) is 10.6. The van der Waals surface area contributed by atoms with Crippen molar-refractivity contribution in [3.8, 4) is 0 Å². The maximum atomic E-state index is 12.3. The first-order valence-corrected chi connectivity index (χ1v) is 16.6. The third-order valence-electron chi connectivity index (χ3n) is 6.72. The Kier molecular flexibility index (Phi) is 31.9. The number of allylic oxidation sites excluding steroid dienone is 2. The molecule has 11 nitrogen and oxygen atoms in total. The molecule has 0 saturated heterocycles. The summed E-state index contributed by atoms with van der Waals surface area (Å²) >= 11 is 0. The third-order valence-corrected chi connectivity index (χ3v) is 6.72. The van der Waals surface area contributed by atoms with E-state index in [9.17, 15) is 19.2 Å². The highest BCUT2D eigenvalue weighted by molar-refractivity contribution is 5.89. The molecule has 0 spiro atoms. The standard InChI is InChI=1S/C35H59NO10/c1-4-32(37)14-7-10-20-41-24-28-45-29-26-43-22-12-9-16-34(39)17-19-36(35(40)6-3)18-13-23-44-27-31-46-30-25-42-21-11-8-15-33(38)5-2/h4-6H,1-3,7-31H2. The molecule has 0 rings (SSSR count). The summed E-state index contributed by atoms with van der Waals surface area (Å²) in [7, 11) is 0. The van der Waals surface area contributed by atoms with Crippen molar-refractivity contribution in [1.82, 2.24) is 4.90 Å². The first-order valence-electron chi connectivity index (χ1n) is 16.6. The van der Waals surface area contributed by atoms with Crippen LogP contribution in [0.1, 0.15) is 70.6 Å². The van der Waals surface area contributed by atoms with Gasteiger partial charge in [0.05, 0.1) is 52.9 Å². The molecule has 0 aromatic rings. The van der Waals surface area contributed by atoms with Crippen LogP contribution in [0.5, 0.6) is 0 Å². The van der Waals surface area contributed by atoms with Crippen LogP contribution in [-0.4, -0.2) is 121 Å². The van der Waals surface area contributed by atoms with Crippen molar-refractivity contribution in [2.75, 3.05) is 92.4 Å². The molecule has 0 fully saturated rings. The molecule has 0 aromatic heterocycles. The minimum Gasteiger partial charge on any atom is -0.379 e. The van der Waals surface area contributed by atoms with Gasteiger partial charge in [-0.2, -0.15) is 0 Å². The Bertz CT molecular complexity index is 832. The largest absolute Gasteiger partial charge is 0.379 e. The van der Waals surface area contributed by atoms with Gasteiger partial charge in [-0.1, -0.05) is 19.7 Å². The van der Waals surface area contributed by atoms with Crippen LogP contribution in [0.15, 0.2) is 38.0 Å². The van der Waals surface area contributed by atoms with Gasteiger partial charge in [0.2, 0.25) is 5.91 Å². The van der Waals surface area contributed by atoms with E-state index < -0.39 is 0 Å². The van der Waals surface area contributed by atoms with Gasteiger partial charge in [-0.15, -0.1) is 0 Å². The van der Waals surface area contributed by atoms with E-state index in [1.807, 2.05) is 0 Å². The molecule has 0 atom stereocenters. The van der Waals surface area contributed by atoms with E-state index in [2.05, 4.69) is 19.7 Å². The second kappa shape index (κ2) is 33.8. The lowest BCUT2D eigenvalue weighted by molar-refractivity contribution is -0.127. The summed E-state index contributed by atoms with van der Waals surface area (Å²) in [5, 5.41) is 0. The number of Topliss-reactive ketones (excluding diaryl/α,β-unsaturated/α-hetero) is 1. The van der Waals surface area contributed by atoms with E-state index in [4.69, 9.17) is 28.4 Å². The van der Waals surface area contributed by atoms with E-state index in [-0.39, 0.29) is 23.3 Å². The van der Waals surface area contributed by atoms with Crippen molar-refractivity contribution in [2.24, 2.45) is 0 Å². The lowest BCUT2D eigenvalue weighted by Gasteiger charge is -2.21. The fraction of sp³-hybridized carbons (Fsp3) is 0.714. The van der Waals surface area contributed by atoms with Gasteiger partial charge in [0.1, 0.15) is 5.78 Å². The third kappa shape index (κ3) is 30.1. The van der Waals surface area contributed by atoms with Gasteiger partial charge in [0.25, 0.3) is 0 Å². The van der Waals surface area contributed by atoms with Gasteiger partial charge >= 0.3 is 0 Å². The number of hydrogen-bond acceptors (Lipinski definition) is 10. The van der Waals surface area contributed by atoms with Crippen LogP contribution < -0.4 is 0 Å². The normalized spacial score (nSPS) is 10.9. The van der Waals surface area contributed by atoms with Crippen LogP contribution >= 0.6 is 0 Å². The average molecular weight is 654 g/mol. The van der Waals surface area contributed by atoms with E-state index in [0.717, 1.165) is 38.5 Å². The average Bonchev–Trinajstić information content (AvgIpc) is 3.07. The Morgan fingerprint density at radius 1 is 0.413 bits per heavy atom. The van der Waals surface area contributed by atoms with Gasteiger partial charge in [-0.3, -0.25) is 19.2 Å². The molecule has 1 amide bonds. The monoisotopic (exact) mass is 653 g/mol. The lowest BCUT2D eigenvalue weighted by atomic mass is 10.1. The predicted octanol–water partition coefficient (Wildman–Crippen LogP) is 4.47. The smallest absolute Gasteiger partial charge is 0.245 e. The molecule has 0 N–H and O–H groups in total. The van der Waals surface area contributed by atoms with Gasteiger partial charge < -0.3 is 33.3 Å². The highest BCUT2D eigenvalue weighted by atomic mass is 16.5. The molecule has 0 aliphatic carbocycles. The predicted molar refractivity (Wildman–Crippen MR) is 178 cm³/mol. The zero-order chi connectivity index (χ0) is 33.9. The summed E-state index contributed by atoms with van der Waals surface area (Å²) < 4.78 is 33.0. The maximum Gasteiger partial charge on any atom is 0.245 e. The molecule has 0 radical (unpaired) electrons. The Morgan fingerprint density at radius 2 is 0.783 bits per heavy atom. The van der Waals surface area contributed by atoms with E-state index in [1.54, 1.807) is 4.90 Å². The highest BCUT2D eigenvalue weighted by Crippen LogP contribution is 2.04. The van der Waals surface area contributed by atoms with E-state index >= 15 is 0 Å². The molecular formula is C35H59NO10. The Labute approximate surface area is 276 Å². The maximum absolute atomic E-state index is 12.3. The molecular weight excluding hydrogens is 594 g/mol. The van der Waals surface area contributed by atoms with Crippen LogP contribution in [0.3, 0.4) is 0 Å². The van der Waals surface area contributed by atoms with Gasteiger partial charge in [0.15, 0.2) is 11.6 Å². The van der Waals surface area contributed by atoms with Crippen LogP contribution in [-0.2, 0) is 47.6 Å². The van der Waals surface area contributed by atoms with Crippen LogP contribution in [0, 0.1) is 0 Å². The zero-order valence-corrected chi connectivity index (χ0v) is 28.1. The lowest BCUT2D eigenvalue weighted by Crippen LogP contribution is -2.33. The van der Waals surface area contributed by atoms with E-state index in [1.165, 1.54) is 18.2 Å². The molecule has 0 aliphatic heterocycles. The van der Waals surface area contributed by atoms with Crippen molar-refractivity contribution in [3.63, 3.8) is 0 Å². The number of carbonyl (C=O) groups excluding carboxylic acids is 4. The topological polar surface area (TPSA) is 127 Å². The molecule has 264 valence electrons. The molecule has 0 unspecified atom stereocenters. The number of ketones is 3. The number of unbranched alkanes of at least 4 members (excludes halogenated alkanes) is 3. The molecule has 0 aliphatic rings. The first kappa shape index (κ1) is 43.5. The number of rotatable bonds is 37. The van der Waals surface area contributed by atoms with Crippen molar-refractivity contribution in [2.45, 2.75) is 70.6 Å². The summed E-state index contributed by atoms with van der Waals surface area (Å²) in [4.78, 5) is 48.4. The summed E-state index contributed by atoms with van der Waals surface area (Å²) in [6.45, 7) is 17.5. The number of hydrogen-bond donors (Lipinski definition) is 0. The quantitative estimate of drug-likeness (QED) is 0.0700. The summed E-state index contributed by atoms with van der Waals surface area (Å²) in [5.74, 6) is 0.0545. The Balaban J connectivity index is 3.63. The SMILES string of the molecule is C=CC(=O)CCCCOCCOCCOCCCCC(=O)CCN(CCCOCCOCCOCCCCC(=O)C=C)C(=O)C=C. The van der Waals surface area contributed by atoms with Crippen LogP contribution in [0.4, 0.5) is 0 Å². The highest BCUT2D eigenvalue weighted by Gasteiger charge is 2.12. The van der Waals surface area contributed by atoms with E-state index in [0.29, 0.717) is 124 Å². The summed E-state index contributed by atoms with van der Waals surface area (Å²) in [5.41, 5.74) is 0. The second-order valence-electron chi connectivity index (χ2n) is 10.6. The first-order chi connectivity index (χ1) is 22.4. The van der Waals surface area contributed by atoms with Crippen LogP contribution in [0.2, 0.25) is 0 Å². The zero-order valence-electron chi connectivity index (χ0n) is 28.1. The number of carbonyl (C=O) groups is 4. The fourth-order valence-electron chi connectivity index (χ4n) is 4.02. The fourth-order valence-corrected chi connectivity index (χ4v) is 4.02. The van der Waals surface area contributed by atoms with Crippen LogP contribution in [0.25, 0.3) is 0 Å². The molecule has 46 heavy (non-hydrogen) atoms. The Morgan fingerprint density at radius 3 is 1.17 bits per heavy atom. The minimum atomic E-state index is -0.192. The van der Waals surface area contributed by atoms with Crippen molar-refractivity contribution in [3.05, 3.63) is 38.0 Å². The van der Waals surface area contributed by atoms with Gasteiger partial charge in [-0.05, 0) is 63.2 Å². The number of amides is 1. The summed E-state index contributed by atoms with van der Waals surface area (Å²) in [6.07, 6.45) is 11.2. The number of ether oxygens (including phenoxy) is 6. The van der Waals surface area contributed by atoms with Crippen molar-refractivity contribution < 1.29 is 47.6 Å². The molecule has 0 heterocycles. The van der Waals surface area contributed by atoms with Gasteiger partial charge in [-0.25, -0.2) is 0 Å².